The topological polar surface area (TPSA) is 75.2 Å². The lowest BCUT2D eigenvalue weighted by Crippen LogP contribution is -2.34. The molecule has 160 valence electrons. The number of aromatic nitrogens is 2. The van der Waals surface area contributed by atoms with E-state index in [0.717, 1.165) is 16.6 Å². The van der Waals surface area contributed by atoms with Crippen molar-refractivity contribution in [2.75, 3.05) is 5.32 Å². The van der Waals surface area contributed by atoms with E-state index < -0.39 is 0 Å². The third kappa shape index (κ3) is 4.81. The highest BCUT2D eigenvalue weighted by Crippen LogP contribution is 2.26. The number of para-hydroxylation sites is 2. The molecule has 1 heterocycles. The number of fused-ring (bicyclic) bond motifs is 1. The molecular weight excluding hydrogens is 400 g/mol. The summed E-state index contributed by atoms with van der Waals surface area (Å²) in [6, 6.07) is 24.6. The minimum atomic E-state index is -0.260. The Hall–Kier alpha value is -4.06. The van der Waals surface area contributed by atoms with Crippen LogP contribution in [0.5, 0.6) is 0 Å². The first kappa shape index (κ1) is 21.2. The molecule has 0 fully saturated rings. The van der Waals surface area contributed by atoms with Gasteiger partial charge < -0.3 is 10.2 Å². The van der Waals surface area contributed by atoms with Crippen molar-refractivity contribution in [1.29, 1.82) is 0 Å². The molecule has 1 N–H and O–H groups in total. The summed E-state index contributed by atoms with van der Waals surface area (Å²) in [5, 5.41) is 2.80. The van der Waals surface area contributed by atoms with E-state index in [4.69, 9.17) is 0 Å². The third-order valence-electron chi connectivity index (χ3n) is 5.28. The molecule has 0 radical (unpaired) electrons. The average molecular weight is 425 g/mol. The number of carbonyl (C=O) groups excluding carboxylic acids is 2. The predicted octanol–water partition coefficient (Wildman–Crippen LogP) is 4.99. The van der Waals surface area contributed by atoms with E-state index in [0.29, 0.717) is 23.4 Å². The SMILES string of the molecule is CC(=O)Nc1cccc(C(C)N(Cc2ccccc2)C(=O)c2cnc3ccccc3n2)c1. The van der Waals surface area contributed by atoms with E-state index in [1.165, 1.54) is 13.1 Å². The van der Waals surface area contributed by atoms with Gasteiger partial charge in [0.15, 0.2) is 0 Å². The Morgan fingerprint density at radius 3 is 2.41 bits per heavy atom. The molecule has 32 heavy (non-hydrogen) atoms. The van der Waals surface area contributed by atoms with Crippen molar-refractivity contribution in [1.82, 2.24) is 14.9 Å². The molecule has 0 aliphatic carbocycles. The van der Waals surface area contributed by atoms with Gasteiger partial charge in [0.05, 0.1) is 23.3 Å². The van der Waals surface area contributed by atoms with Crippen LogP contribution in [0.4, 0.5) is 5.69 Å². The third-order valence-corrected chi connectivity index (χ3v) is 5.28. The van der Waals surface area contributed by atoms with Gasteiger partial charge >= 0.3 is 0 Å². The summed E-state index contributed by atoms with van der Waals surface area (Å²) in [5.41, 5.74) is 4.34. The van der Waals surface area contributed by atoms with Crippen LogP contribution in [-0.2, 0) is 11.3 Å². The molecule has 0 aliphatic heterocycles. The van der Waals surface area contributed by atoms with Crippen LogP contribution in [0.15, 0.2) is 85.1 Å². The maximum absolute atomic E-state index is 13.6. The van der Waals surface area contributed by atoms with Crippen molar-refractivity contribution >= 4 is 28.5 Å². The van der Waals surface area contributed by atoms with E-state index in [-0.39, 0.29) is 17.9 Å². The Labute approximate surface area is 186 Å². The van der Waals surface area contributed by atoms with Crippen LogP contribution in [0.3, 0.4) is 0 Å². The van der Waals surface area contributed by atoms with Gasteiger partial charge in [0, 0.05) is 19.2 Å². The van der Waals surface area contributed by atoms with Crippen LogP contribution in [-0.4, -0.2) is 26.7 Å². The van der Waals surface area contributed by atoms with Crippen molar-refractivity contribution in [3.05, 3.63) is 102 Å². The Morgan fingerprint density at radius 2 is 1.66 bits per heavy atom. The van der Waals surface area contributed by atoms with Gasteiger partial charge in [-0.3, -0.25) is 14.6 Å². The van der Waals surface area contributed by atoms with Gasteiger partial charge in [0.1, 0.15) is 5.69 Å². The van der Waals surface area contributed by atoms with Gasteiger partial charge in [-0.05, 0) is 42.3 Å². The second-order valence-corrected chi connectivity index (χ2v) is 7.65. The minimum absolute atomic E-state index is 0.140. The monoisotopic (exact) mass is 424 g/mol. The Kier molecular flexibility index (Phi) is 6.22. The molecule has 0 spiro atoms. The molecule has 1 unspecified atom stereocenters. The quantitative estimate of drug-likeness (QED) is 0.473. The fourth-order valence-electron chi connectivity index (χ4n) is 3.63. The molecule has 2 amide bonds. The summed E-state index contributed by atoms with van der Waals surface area (Å²) < 4.78 is 0. The van der Waals surface area contributed by atoms with Crippen LogP contribution < -0.4 is 5.32 Å². The first-order valence-corrected chi connectivity index (χ1v) is 10.5. The Bertz CT molecular complexity index is 1260. The lowest BCUT2D eigenvalue weighted by molar-refractivity contribution is -0.114. The van der Waals surface area contributed by atoms with Crippen molar-refractivity contribution in [2.24, 2.45) is 0 Å². The van der Waals surface area contributed by atoms with E-state index in [2.05, 4.69) is 15.3 Å². The normalized spacial score (nSPS) is 11.7. The van der Waals surface area contributed by atoms with Crippen LogP contribution in [0.2, 0.25) is 0 Å². The number of benzene rings is 3. The molecule has 0 bridgehead atoms. The molecule has 4 rings (SSSR count). The second-order valence-electron chi connectivity index (χ2n) is 7.65. The van der Waals surface area contributed by atoms with Gasteiger partial charge in [0.25, 0.3) is 5.91 Å². The van der Waals surface area contributed by atoms with Crippen molar-refractivity contribution in [3.63, 3.8) is 0 Å². The lowest BCUT2D eigenvalue weighted by atomic mass is 10.0. The summed E-state index contributed by atoms with van der Waals surface area (Å²) in [5.74, 6) is -0.344. The highest BCUT2D eigenvalue weighted by molar-refractivity contribution is 5.94. The lowest BCUT2D eigenvalue weighted by Gasteiger charge is -2.30. The van der Waals surface area contributed by atoms with Crippen molar-refractivity contribution in [2.45, 2.75) is 26.4 Å². The zero-order valence-corrected chi connectivity index (χ0v) is 18.0. The maximum atomic E-state index is 13.6. The maximum Gasteiger partial charge on any atom is 0.274 e. The van der Waals surface area contributed by atoms with Crippen LogP contribution in [0.1, 0.15) is 41.5 Å². The number of carbonyl (C=O) groups is 2. The smallest absolute Gasteiger partial charge is 0.274 e. The molecule has 1 atom stereocenters. The van der Waals surface area contributed by atoms with Gasteiger partial charge in [0.2, 0.25) is 5.91 Å². The van der Waals surface area contributed by atoms with Crippen molar-refractivity contribution in [3.8, 4) is 0 Å². The highest BCUT2D eigenvalue weighted by Gasteiger charge is 2.25. The van der Waals surface area contributed by atoms with Gasteiger partial charge in [-0.1, -0.05) is 54.6 Å². The first-order chi connectivity index (χ1) is 15.5. The summed E-state index contributed by atoms with van der Waals surface area (Å²) in [4.78, 5) is 35.9. The van der Waals surface area contributed by atoms with Crippen LogP contribution >= 0.6 is 0 Å². The fraction of sp³-hybridized carbons (Fsp3) is 0.154. The fourth-order valence-corrected chi connectivity index (χ4v) is 3.63. The van der Waals surface area contributed by atoms with E-state index in [1.807, 2.05) is 85.8 Å². The molecule has 0 saturated heterocycles. The van der Waals surface area contributed by atoms with Gasteiger partial charge in [-0.25, -0.2) is 4.98 Å². The number of anilines is 1. The number of hydrogen-bond acceptors (Lipinski definition) is 4. The first-order valence-electron chi connectivity index (χ1n) is 10.5. The van der Waals surface area contributed by atoms with Crippen molar-refractivity contribution < 1.29 is 9.59 Å². The van der Waals surface area contributed by atoms with E-state index >= 15 is 0 Å². The largest absolute Gasteiger partial charge is 0.326 e. The minimum Gasteiger partial charge on any atom is -0.326 e. The summed E-state index contributed by atoms with van der Waals surface area (Å²) in [6.07, 6.45) is 1.53. The average Bonchev–Trinajstić information content (AvgIpc) is 2.82. The zero-order chi connectivity index (χ0) is 22.5. The van der Waals surface area contributed by atoms with E-state index in [1.54, 1.807) is 4.90 Å². The molecule has 4 aromatic rings. The number of nitrogens with zero attached hydrogens (tertiary/aromatic N) is 3. The summed E-state index contributed by atoms with van der Waals surface area (Å²) in [6.45, 7) is 3.86. The van der Waals surface area contributed by atoms with Gasteiger partial charge in [-0.15, -0.1) is 0 Å². The molecule has 3 aromatic carbocycles. The predicted molar refractivity (Wildman–Crippen MR) is 125 cm³/mol. The number of rotatable bonds is 6. The standard InChI is InChI=1S/C26H24N4O2/c1-18(21-11-8-12-22(15-21)28-19(2)31)30(17-20-9-4-3-5-10-20)26(32)25-16-27-23-13-6-7-14-24(23)29-25/h3-16,18H,17H2,1-2H3,(H,28,31). The molecule has 0 aliphatic rings. The molecule has 0 saturated carbocycles. The molecule has 6 heteroatoms. The van der Waals surface area contributed by atoms with Crippen LogP contribution in [0.25, 0.3) is 11.0 Å². The Balaban J connectivity index is 1.70. The highest BCUT2D eigenvalue weighted by atomic mass is 16.2. The zero-order valence-electron chi connectivity index (χ0n) is 18.0. The Morgan fingerprint density at radius 1 is 0.938 bits per heavy atom. The van der Waals surface area contributed by atoms with Crippen LogP contribution in [0, 0.1) is 0 Å². The van der Waals surface area contributed by atoms with Gasteiger partial charge in [-0.2, -0.15) is 0 Å². The number of hydrogen-bond donors (Lipinski definition) is 1. The molecule has 6 nitrogen and oxygen atoms in total. The number of amides is 2. The molecule has 1 aromatic heterocycles. The summed E-state index contributed by atoms with van der Waals surface area (Å²) in [7, 11) is 0. The number of nitrogens with one attached hydrogen (secondary N) is 1. The second kappa shape index (κ2) is 9.39. The molecular formula is C26H24N4O2. The summed E-state index contributed by atoms with van der Waals surface area (Å²) >= 11 is 0. The van der Waals surface area contributed by atoms with E-state index in [9.17, 15) is 9.59 Å².